The zero-order valence-corrected chi connectivity index (χ0v) is 17.6. The molecule has 0 N–H and O–H groups in total. The maximum Gasteiger partial charge on any atom is 0.231 e. The van der Waals surface area contributed by atoms with E-state index in [2.05, 4.69) is 45.1 Å². The minimum absolute atomic E-state index is 0.311. The highest BCUT2D eigenvalue weighted by Gasteiger charge is 2.22. The third-order valence-electron chi connectivity index (χ3n) is 6.04. The first kappa shape index (κ1) is 19.0. The number of rotatable bonds is 4. The van der Waals surface area contributed by atoms with Gasteiger partial charge in [0.25, 0.3) is 0 Å². The van der Waals surface area contributed by atoms with Gasteiger partial charge < -0.3 is 14.4 Å². The van der Waals surface area contributed by atoms with Gasteiger partial charge in [-0.05, 0) is 42.0 Å². The van der Waals surface area contributed by atoms with Gasteiger partial charge in [0, 0.05) is 56.1 Å². The van der Waals surface area contributed by atoms with Crippen LogP contribution in [-0.2, 0) is 6.54 Å². The van der Waals surface area contributed by atoms with Crippen LogP contribution in [0.15, 0.2) is 67.0 Å². The number of benzene rings is 2. The Morgan fingerprint density at radius 1 is 0.812 bits per heavy atom. The van der Waals surface area contributed by atoms with Crippen molar-refractivity contribution < 1.29 is 9.47 Å². The number of para-hydroxylation sites is 1. The van der Waals surface area contributed by atoms with Gasteiger partial charge >= 0.3 is 0 Å². The Morgan fingerprint density at radius 2 is 1.62 bits per heavy atom. The topological polar surface area (TPSA) is 63.6 Å². The number of piperazine rings is 1. The molecule has 2 aromatic carbocycles. The molecule has 0 atom stereocenters. The molecule has 160 valence electrons. The second kappa shape index (κ2) is 8.09. The molecular weight excluding hydrogens is 402 g/mol. The molecule has 0 spiro atoms. The Kier molecular flexibility index (Phi) is 4.81. The minimum Gasteiger partial charge on any atom is -0.454 e. The normalized spacial score (nSPS) is 15.9. The third-order valence-corrected chi connectivity index (χ3v) is 6.04. The number of hydrogen-bond donors (Lipinski definition) is 0. The average molecular weight is 425 g/mol. The molecule has 6 rings (SSSR count). The molecule has 7 heteroatoms. The fourth-order valence-corrected chi connectivity index (χ4v) is 4.35. The van der Waals surface area contributed by atoms with Crippen LogP contribution in [0.2, 0.25) is 0 Å². The van der Waals surface area contributed by atoms with Crippen molar-refractivity contribution in [3.8, 4) is 22.9 Å². The summed E-state index contributed by atoms with van der Waals surface area (Å²) in [6.45, 7) is 4.99. The van der Waals surface area contributed by atoms with Crippen molar-refractivity contribution in [1.29, 1.82) is 0 Å². The van der Waals surface area contributed by atoms with Gasteiger partial charge in [-0.3, -0.25) is 9.88 Å². The molecule has 2 aromatic heterocycles. The number of hydrogen-bond acceptors (Lipinski definition) is 7. The van der Waals surface area contributed by atoms with E-state index in [1.165, 1.54) is 5.56 Å². The smallest absolute Gasteiger partial charge is 0.231 e. The standard InChI is InChI=1S/C25H23N5O2/c1-2-4-21-20(3-1)25(28-24(27-21)19-7-9-26-10-8-19)30-13-11-29(12-14-30)16-18-5-6-22-23(15-18)32-17-31-22/h1-10,15H,11-14,16-17H2. The van der Waals surface area contributed by atoms with Gasteiger partial charge in [-0.25, -0.2) is 9.97 Å². The van der Waals surface area contributed by atoms with Crippen LogP contribution in [0, 0.1) is 0 Å². The maximum atomic E-state index is 5.52. The van der Waals surface area contributed by atoms with Gasteiger partial charge in [0.15, 0.2) is 17.3 Å². The fourth-order valence-electron chi connectivity index (χ4n) is 4.35. The van der Waals surface area contributed by atoms with E-state index in [0.717, 1.165) is 72.3 Å². The summed E-state index contributed by atoms with van der Waals surface area (Å²) in [6, 6.07) is 18.4. The van der Waals surface area contributed by atoms with Gasteiger partial charge in [0.2, 0.25) is 6.79 Å². The molecule has 2 aliphatic rings. The summed E-state index contributed by atoms with van der Waals surface area (Å²) < 4.78 is 10.9. The Balaban J connectivity index is 1.23. The van der Waals surface area contributed by atoms with Crippen LogP contribution in [0.1, 0.15) is 5.56 Å². The highest BCUT2D eigenvalue weighted by atomic mass is 16.7. The van der Waals surface area contributed by atoms with Gasteiger partial charge in [-0.15, -0.1) is 0 Å². The van der Waals surface area contributed by atoms with E-state index >= 15 is 0 Å². The minimum atomic E-state index is 0.311. The van der Waals surface area contributed by atoms with Crippen molar-refractivity contribution in [2.24, 2.45) is 0 Å². The first-order valence-electron chi connectivity index (χ1n) is 10.9. The van der Waals surface area contributed by atoms with Crippen molar-refractivity contribution in [3.05, 3.63) is 72.6 Å². The van der Waals surface area contributed by atoms with E-state index in [4.69, 9.17) is 19.4 Å². The highest BCUT2D eigenvalue weighted by molar-refractivity contribution is 5.91. The Bertz CT molecular complexity index is 1260. The second-order valence-electron chi connectivity index (χ2n) is 8.07. The Morgan fingerprint density at radius 3 is 2.50 bits per heavy atom. The Labute approximate surface area is 186 Å². The molecule has 4 aromatic rings. The van der Waals surface area contributed by atoms with Crippen LogP contribution < -0.4 is 14.4 Å². The summed E-state index contributed by atoms with van der Waals surface area (Å²) in [5, 5.41) is 1.09. The molecule has 2 aliphatic heterocycles. The van der Waals surface area contributed by atoms with E-state index in [-0.39, 0.29) is 0 Å². The Hall–Kier alpha value is -3.71. The van der Waals surface area contributed by atoms with E-state index < -0.39 is 0 Å². The van der Waals surface area contributed by atoms with E-state index in [1.54, 1.807) is 12.4 Å². The predicted molar refractivity (Wildman–Crippen MR) is 123 cm³/mol. The molecule has 0 radical (unpaired) electrons. The molecule has 0 bridgehead atoms. The molecule has 32 heavy (non-hydrogen) atoms. The highest BCUT2D eigenvalue weighted by Crippen LogP contribution is 2.33. The summed E-state index contributed by atoms with van der Waals surface area (Å²) in [6.07, 6.45) is 3.56. The lowest BCUT2D eigenvalue weighted by Crippen LogP contribution is -2.46. The quantitative estimate of drug-likeness (QED) is 0.493. The fraction of sp³-hybridized carbons (Fsp3) is 0.240. The summed E-state index contributed by atoms with van der Waals surface area (Å²) in [5.74, 6) is 3.42. The molecular formula is C25H23N5O2. The molecule has 4 heterocycles. The van der Waals surface area contributed by atoms with Gasteiger partial charge in [0.1, 0.15) is 5.82 Å². The number of nitrogens with zero attached hydrogens (tertiary/aromatic N) is 5. The third kappa shape index (κ3) is 3.61. The van der Waals surface area contributed by atoms with Crippen LogP contribution in [0.5, 0.6) is 11.5 Å². The van der Waals surface area contributed by atoms with E-state index in [0.29, 0.717) is 6.79 Å². The van der Waals surface area contributed by atoms with Crippen LogP contribution in [0.4, 0.5) is 5.82 Å². The van der Waals surface area contributed by atoms with Crippen molar-refractivity contribution in [2.45, 2.75) is 6.54 Å². The molecule has 0 amide bonds. The lowest BCUT2D eigenvalue weighted by Gasteiger charge is -2.36. The first-order chi connectivity index (χ1) is 15.8. The van der Waals surface area contributed by atoms with Crippen LogP contribution in [-0.4, -0.2) is 52.8 Å². The largest absolute Gasteiger partial charge is 0.454 e. The van der Waals surface area contributed by atoms with Gasteiger partial charge in [0.05, 0.1) is 5.52 Å². The van der Waals surface area contributed by atoms with Gasteiger partial charge in [-0.2, -0.15) is 0 Å². The number of anilines is 1. The summed E-state index contributed by atoms with van der Waals surface area (Å²) in [7, 11) is 0. The lowest BCUT2D eigenvalue weighted by atomic mass is 10.1. The molecule has 7 nitrogen and oxygen atoms in total. The number of fused-ring (bicyclic) bond motifs is 2. The summed E-state index contributed by atoms with van der Waals surface area (Å²) in [4.78, 5) is 18.8. The molecule has 0 saturated carbocycles. The summed E-state index contributed by atoms with van der Waals surface area (Å²) in [5.41, 5.74) is 3.19. The van der Waals surface area contributed by atoms with E-state index in [1.807, 2.05) is 24.3 Å². The zero-order chi connectivity index (χ0) is 21.3. The lowest BCUT2D eigenvalue weighted by molar-refractivity contribution is 0.174. The first-order valence-corrected chi connectivity index (χ1v) is 10.9. The van der Waals surface area contributed by atoms with Crippen molar-refractivity contribution >= 4 is 16.7 Å². The monoisotopic (exact) mass is 425 g/mol. The zero-order valence-electron chi connectivity index (χ0n) is 17.6. The van der Waals surface area contributed by atoms with Crippen LogP contribution in [0.3, 0.4) is 0 Å². The van der Waals surface area contributed by atoms with E-state index in [9.17, 15) is 0 Å². The van der Waals surface area contributed by atoms with Crippen molar-refractivity contribution in [1.82, 2.24) is 19.9 Å². The predicted octanol–water partition coefficient (Wildman–Crippen LogP) is 3.74. The molecule has 0 unspecified atom stereocenters. The number of pyridine rings is 1. The molecule has 0 aliphatic carbocycles. The number of aromatic nitrogens is 3. The van der Waals surface area contributed by atoms with Crippen molar-refractivity contribution in [3.63, 3.8) is 0 Å². The summed E-state index contributed by atoms with van der Waals surface area (Å²) >= 11 is 0. The molecule has 1 saturated heterocycles. The average Bonchev–Trinajstić information content (AvgIpc) is 3.32. The van der Waals surface area contributed by atoms with Crippen LogP contribution in [0.25, 0.3) is 22.3 Å². The van der Waals surface area contributed by atoms with Crippen molar-refractivity contribution in [2.75, 3.05) is 37.9 Å². The number of ether oxygens (including phenoxy) is 2. The maximum absolute atomic E-state index is 5.52. The van der Waals surface area contributed by atoms with Gasteiger partial charge in [-0.1, -0.05) is 18.2 Å². The second-order valence-corrected chi connectivity index (χ2v) is 8.07. The van der Waals surface area contributed by atoms with Crippen LogP contribution >= 0.6 is 0 Å². The SMILES string of the molecule is c1ccc2c(N3CCN(Cc4ccc5c(c4)OCO5)CC3)nc(-c3ccncc3)nc2c1. The molecule has 1 fully saturated rings.